The molecule has 0 spiro atoms. The normalized spacial score (nSPS) is 11.4. The van der Waals surface area contributed by atoms with E-state index < -0.39 is 16.7 Å². The zero-order chi connectivity index (χ0) is 23.3. The Bertz CT molecular complexity index is 1320. The molecule has 0 saturated carbocycles. The zero-order valence-corrected chi connectivity index (χ0v) is 17.0. The second kappa shape index (κ2) is 9.43. The van der Waals surface area contributed by atoms with Gasteiger partial charge in [0.1, 0.15) is 5.69 Å². The van der Waals surface area contributed by atoms with E-state index in [9.17, 15) is 19.7 Å². The molecular weight excluding hydrogens is 410 g/mol. The molecule has 0 aromatic heterocycles. The number of carbonyl (C=O) groups is 2. The summed E-state index contributed by atoms with van der Waals surface area (Å²) in [7, 11) is 0. The fourth-order valence-electron chi connectivity index (χ4n) is 3.10. The van der Waals surface area contributed by atoms with Gasteiger partial charge in [-0.05, 0) is 23.4 Å². The van der Waals surface area contributed by atoms with Crippen molar-refractivity contribution in [1.82, 2.24) is 5.32 Å². The van der Waals surface area contributed by atoms with Crippen molar-refractivity contribution in [3.05, 3.63) is 98.4 Å². The van der Waals surface area contributed by atoms with Crippen LogP contribution in [0, 0.1) is 10.1 Å². The first-order valence-corrected chi connectivity index (χ1v) is 9.53. The molecule has 0 atom stereocenters. The first kappa shape index (κ1) is 22.0. The Morgan fingerprint density at radius 1 is 1.03 bits per heavy atom. The second-order valence-electron chi connectivity index (χ2n) is 6.88. The summed E-state index contributed by atoms with van der Waals surface area (Å²) in [5, 5.41) is 18.6. The van der Waals surface area contributed by atoms with E-state index in [1.165, 1.54) is 12.1 Å². The molecule has 0 unspecified atom stereocenters. The minimum absolute atomic E-state index is 0.0156. The van der Waals surface area contributed by atoms with E-state index in [0.717, 1.165) is 6.07 Å². The lowest BCUT2D eigenvalue weighted by Crippen LogP contribution is -2.33. The number of para-hydroxylation sites is 1. The molecule has 3 aromatic carbocycles. The van der Waals surface area contributed by atoms with Crippen LogP contribution in [-0.2, 0) is 4.79 Å². The molecule has 0 aliphatic rings. The third-order valence-electron chi connectivity index (χ3n) is 4.66. The van der Waals surface area contributed by atoms with Gasteiger partial charge in [-0.3, -0.25) is 19.7 Å². The van der Waals surface area contributed by atoms with Crippen molar-refractivity contribution in [2.75, 3.05) is 17.6 Å². The molecule has 6 N–H and O–H groups in total. The van der Waals surface area contributed by atoms with E-state index in [-0.39, 0.29) is 23.5 Å². The smallest absolute Gasteiger partial charge is 0.293 e. The lowest BCUT2D eigenvalue weighted by Gasteiger charge is -2.15. The van der Waals surface area contributed by atoms with Gasteiger partial charge in [0.25, 0.3) is 11.6 Å². The van der Waals surface area contributed by atoms with Crippen LogP contribution in [0.2, 0.25) is 0 Å². The fourth-order valence-corrected chi connectivity index (χ4v) is 3.10. The average Bonchev–Trinajstić information content (AvgIpc) is 2.77. The monoisotopic (exact) mass is 431 g/mol. The average molecular weight is 431 g/mol. The number of nitro groups is 1. The molecule has 9 heteroatoms. The van der Waals surface area contributed by atoms with E-state index in [4.69, 9.17) is 11.5 Å². The number of nitrogens with two attached hydrogens (primary N) is 2. The standard InChI is InChI=1S/C23H21N5O4/c1-14-6-2-3-7-16(14)22(17-8-4-5-9-18(17)24)27-19-11-10-15(12-20(19)28(31)32)23(30)26-13-21(25)29/h2-12,27H,1,13,24H2,(H2,25,29)(H,26,30)/b22-16+. The second-order valence-corrected chi connectivity index (χ2v) is 6.88. The maximum absolute atomic E-state index is 12.2. The molecule has 3 aromatic rings. The van der Waals surface area contributed by atoms with Crippen LogP contribution in [0.3, 0.4) is 0 Å². The SMILES string of the molecule is C=c1cccc/c1=C(\Nc1ccc(C(=O)NCC(N)=O)cc1[N+](=O)[O-])c1ccccc1N. The van der Waals surface area contributed by atoms with Gasteiger partial charge in [0.15, 0.2) is 0 Å². The Hall–Kier alpha value is -4.66. The highest BCUT2D eigenvalue weighted by Gasteiger charge is 2.20. The lowest BCUT2D eigenvalue weighted by atomic mass is 10.0. The van der Waals surface area contributed by atoms with Crippen molar-refractivity contribution in [3.8, 4) is 0 Å². The number of nitrogen functional groups attached to an aromatic ring is 1. The van der Waals surface area contributed by atoms with Gasteiger partial charge in [-0.1, -0.05) is 49.0 Å². The van der Waals surface area contributed by atoms with Crippen molar-refractivity contribution in [3.63, 3.8) is 0 Å². The molecule has 3 rings (SSSR count). The Morgan fingerprint density at radius 3 is 2.38 bits per heavy atom. The molecule has 0 bridgehead atoms. The van der Waals surface area contributed by atoms with Crippen LogP contribution >= 0.6 is 0 Å². The predicted molar refractivity (Wildman–Crippen MR) is 123 cm³/mol. The number of nitro benzene ring substituents is 1. The number of anilines is 2. The Labute approximate surface area is 183 Å². The summed E-state index contributed by atoms with van der Waals surface area (Å²) in [6, 6.07) is 18.4. The van der Waals surface area contributed by atoms with Crippen LogP contribution < -0.4 is 32.5 Å². The van der Waals surface area contributed by atoms with E-state index in [1.54, 1.807) is 24.3 Å². The van der Waals surface area contributed by atoms with Gasteiger partial charge in [0.05, 0.1) is 17.2 Å². The Kier molecular flexibility index (Phi) is 6.50. The summed E-state index contributed by atoms with van der Waals surface area (Å²) < 4.78 is 0. The van der Waals surface area contributed by atoms with Gasteiger partial charge in [0, 0.05) is 28.1 Å². The lowest BCUT2D eigenvalue weighted by molar-refractivity contribution is -0.383. The maximum Gasteiger partial charge on any atom is 0.293 e. The zero-order valence-electron chi connectivity index (χ0n) is 17.0. The third-order valence-corrected chi connectivity index (χ3v) is 4.66. The van der Waals surface area contributed by atoms with E-state index in [0.29, 0.717) is 27.4 Å². The Balaban J connectivity index is 2.13. The van der Waals surface area contributed by atoms with Crippen LogP contribution in [0.1, 0.15) is 15.9 Å². The maximum atomic E-state index is 12.2. The highest BCUT2D eigenvalue weighted by Crippen LogP contribution is 2.29. The molecular formula is C23H21N5O4. The number of hydrogen-bond donors (Lipinski definition) is 4. The highest BCUT2D eigenvalue weighted by atomic mass is 16.6. The molecule has 0 radical (unpaired) electrons. The minimum atomic E-state index is -0.724. The van der Waals surface area contributed by atoms with Crippen LogP contribution in [-0.4, -0.2) is 23.3 Å². The molecule has 9 nitrogen and oxygen atoms in total. The fraction of sp³-hybridized carbons (Fsp3) is 0.0435. The summed E-state index contributed by atoms with van der Waals surface area (Å²) in [6.45, 7) is 3.66. The first-order valence-electron chi connectivity index (χ1n) is 9.53. The van der Waals surface area contributed by atoms with E-state index >= 15 is 0 Å². The van der Waals surface area contributed by atoms with Crippen LogP contribution in [0.25, 0.3) is 12.3 Å². The van der Waals surface area contributed by atoms with Gasteiger partial charge in [0.2, 0.25) is 5.91 Å². The molecule has 0 aliphatic heterocycles. The number of primary amides is 1. The first-order chi connectivity index (χ1) is 15.3. The number of rotatable bonds is 7. The molecule has 2 amide bonds. The Morgan fingerprint density at radius 2 is 1.72 bits per heavy atom. The molecule has 162 valence electrons. The van der Waals surface area contributed by atoms with Crippen molar-refractivity contribution in [2.24, 2.45) is 5.73 Å². The van der Waals surface area contributed by atoms with Crippen molar-refractivity contribution >= 4 is 41.2 Å². The molecule has 32 heavy (non-hydrogen) atoms. The van der Waals surface area contributed by atoms with E-state index in [1.807, 2.05) is 24.3 Å². The predicted octanol–water partition coefficient (Wildman–Crippen LogP) is 1.07. The number of carbonyl (C=O) groups excluding carboxylic acids is 2. The number of benzene rings is 3. The highest BCUT2D eigenvalue weighted by molar-refractivity contribution is 5.98. The third kappa shape index (κ3) is 4.90. The van der Waals surface area contributed by atoms with Crippen molar-refractivity contribution in [2.45, 2.75) is 0 Å². The molecule has 0 fully saturated rings. The number of nitrogens with one attached hydrogen (secondary N) is 2. The number of amides is 2. The molecule has 0 heterocycles. The summed E-state index contributed by atoms with van der Waals surface area (Å²) in [4.78, 5) is 34.2. The van der Waals surface area contributed by atoms with Crippen LogP contribution in [0.4, 0.5) is 17.1 Å². The van der Waals surface area contributed by atoms with Gasteiger partial charge in [-0.15, -0.1) is 0 Å². The van der Waals surface area contributed by atoms with Gasteiger partial charge in [-0.25, -0.2) is 0 Å². The molecule has 0 aliphatic carbocycles. The number of nitrogens with zero attached hydrogens (tertiary/aromatic N) is 1. The van der Waals surface area contributed by atoms with Crippen molar-refractivity contribution < 1.29 is 14.5 Å². The van der Waals surface area contributed by atoms with E-state index in [2.05, 4.69) is 17.2 Å². The number of hydrogen-bond acceptors (Lipinski definition) is 6. The topological polar surface area (TPSA) is 153 Å². The molecule has 0 saturated heterocycles. The van der Waals surface area contributed by atoms with Crippen LogP contribution in [0.5, 0.6) is 0 Å². The van der Waals surface area contributed by atoms with Gasteiger partial charge >= 0.3 is 0 Å². The summed E-state index contributed by atoms with van der Waals surface area (Å²) in [6.07, 6.45) is 0. The summed E-state index contributed by atoms with van der Waals surface area (Å²) in [5.41, 5.74) is 12.7. The largest absolute Gasteiger partial charge is 0.398 e. The minimum Gasteiger partial charge on any atom is -0.398 e. The quantitative estimate of drug-likeness (QED) is 0.249. The van der Waals surface area contributed by atoms with Gasteiger partial charge < -0.3 is 22.1 Å². The van der Waals surface area contributed by atoms with Crippen LogP contribution in [0.15, 0.2) is 66.7 Å². The van der Waals surface area contributed by atoms with Crippen molar-refractivity contribution in [1.29, 1.82) is 0 Å². The summed E-state index contributed by atoms with van der Waals surface area (Å²) in [5.74, 6) is -1.38. The van der Waals surface area contributed by atoms with Gasteiger partial charge in [-0.2, -0.15) is 0 Å². The summed E-state index contributed by atoms with van der Waals surface area (Å²) >= 11 is 0.